The fraction of sp³-hybridized carbons (Fsp3) is 0.655. The van der Waals surface area contributed by atoms with Gasteiger partial charge in [-0.15, -0.1) is 0 Å². The van der Waals surface area contributed by atoms with Crippen molar-refractivity contribution in [3.8, 4) is 0 Å². The van der Waals surface area contributed by atoms with Gasteiger partial charge in [-0.05, 0) is 128 Å². The number of phosphoric ester groups is 2. The van der Waals surface area contributed by atoms with Crippen molar-refractivity contribution in [2.75, 3.05) is 39.6 Å². The molecule has 0 saturated carbocycles. The van der Waals surface area contributed by atoms with Crippen LogP contribution in [-0.2, 0) is 65.4 Å². The number of allylic oxidation sites excluding steroid dienone is 25. The van der Waals surface area contributed by atoms with E-state index >= 15 is 0 Å². The third-order valence-electron chi connectivity index (χ3n) is 16.5. The van der Waals surface area contributed by atoms with Crippen molar-refractivity contribution in [2.45, 2.75) is 329 Å². The molecule has 106 heavy (non-hydrogen) atoms. The lowest BCUT2D eigenvalue weighted by molar-refractivity contribution is -0.161. The molecule has 0 rings (SSSR count). The largest absolute Gasteiger partial charge is 0.472 e. The van der Waals surface area contributed by atoms with Crippen LogP contribution in [-0.4, -0.2) is 96.7 Å². The molecule has 0 spiro atoms. The first-order chi connectivity index (χ1) is 51.7. The lowest BCUT2D eigenvalue weighted by Gasteiger charge is -2.21. The molecule has 0 fully saturated rings. The van der Waals surface area contributed by atoms with Crippen molar-refractivity contribution >= 4 is 39.5 Å². The van der Waals surface area contributed by atoms with Crippen LogP contribution in [0.1, 0.15) is 310 Å². The number of aliphatic hydroxyl groups excluding tert-OH is 1. The second-order valence-electron chi connectivity index (χ2n) is 26.6. The predicted octanol–water partition coefficient (Wildman–Crippen LogP) is 24.0. The molecule has 5 atom stereocenters. The summed E-state index contributed by atoms with van der Waals surface area (Å²) in [5.41, 5.74) is 0. The Hall–Kier alpha value is -5.32. The molecular formula is C87H144O17P2. The zero-order valence-electron chi connectivity index (χ0n) is 66.1. The molecule has 19 heteroatoms. The second-order valence-corrected chi connectivity index (χ2v) is 29.5. The van der Waals surface area contributed by atoms with E-state index in [1.807, 2.05) is 12.2 Å². The molecule has 0 aliphatic heterocycles. The standard InChI is InChI=1S/C87H144O17P2/c1-5-9-13-17-21-25-29-33-36-38-40-42-45-48-51-55-59-63-67-71-84(89)97-77-82(103-86(91)73-69-65-61-57-53-47-32-28-24-20-16-12-8-4)79-101-105(93,94)99-75-81(88)76-100-106(95,96)102-80-83(104-87(92)74-70-66-62-58-54-50-44-35-31-27-23-19-15-11-7-3)78-98-85(90)72-68-64-60-56-52-49-46-43-41-39-37-34-30-26-22-18-14-10-6-2/h9-11,13-15,21-23,25-27,33-37,40-44,54,58,66,70,81-83,88H,5-8,12,16-20,24,28-32,38-39,45-53,55-57,59-65,67-69,71-80H2,1-4H3,(H,93,94)(H,95,96)/b13-9-,14-10-,15-11-,25-21-,26-22-,27-23-,36-33-,37-34-,42-40-,43-41-,44-35-,58-54-,70-66-. The summed E-state index contributed by atoms with van der Waals surface area (Å²) in [6.45, 7) is 4.40. The highest BCUT2D eigenvalue weighted by Crippen LogP contribution is 2.45. The lowest BCUT2D eigenvalue weighted by atomic mass is 10.0. The fourth-order valence-electron chi connectivity index (χ4n) is 10.5. The Bertz CT molecular complexity index is 2630. The Kier molecular flexibility index (Phi) is 73.9. The minimum absolute atomic E-state index is 0.0878. The van der Waals surface area contributed by atoms with E-state index in [-0.39, 0.29) is 25.7 Å². The van der Waals surface area contributed by atoms with Gasteiger partial charge in [0.05, 0.1) is 32.8 Å². The van der Waals surface area contributed by atoms with Crippen molar-refractivity contribution in [3.63, 3.8) is 0 Å². The third-order valence-corrected chi connectivity index (χ3v) is 18.4. The topological polar surface area (TPSA) is 237 Å². The number of hydrogen-bond acceptors (Lipinski definition) is 15. The minimum atomic E-state index is -5.01. The molecule has 0 aliphatic rings. The van der Waals surface area contributed by atoms with Crippen LogP contribution >= 0.6 is 15.6 Å². The van der Waals surface area contributed by atoms with E-state index in [0.29, 0.717) is 25.7 Å². The van der Waals surface area contributed by atoms with E-state index < -0.39 is 97.5 Å². The summed E-state index contributed by atoms with van der Waals surface area (Å²) in [7, 11) is -10.0. The average Bonchev–Trinajstić information content (AvgIpc) is 0.903. The monoisotopic (exact) mass is 1520 g/mol. The highest BCUT2D eigenvalue weighted by atomic mass is 31.2. The molecule has 0 aliphatic carbocycles. The zero-order valence-corrected chi connectivity index (χ0v) is 67.8. The molecule has 17 nitrogen and oxygen atoms in total. The molecule has 0 radical (unpaired) electrons. The SMILES string of the molecule is CC/C=C\C/C=C\C/C=C\C/C=C\C/C=C\CC(=O)OC(COC(=O)CCCCCCCC/C=C\C/C=C\C/C=C\C/C=C\CC)COP(=O)(O)OCC(O)COP(=O)(O)OCC(COC(=O)CCCCCCCC/C=C\C/C=C\C/C=C\C/C=C\CC)OC(=O)CCCCCCCCCCCCCCC. The van der Waals surface area contributed by atoms with Gasteiger partial charge in [0, 0.05) is 19.3 Å². The van der Waals surface area contributed by atoms with Crippen LogP contribution in [0.25, 0.3) is 0 Å². The third kappa shape index (κ3) is 76.9. The second kappa shape index (κ2) is 77.8. The van der Waals surface area contributed by atoms with Gasteiger partial charge in [-0.3, -0.25) is 37.3 Å². The van der Waals surface area contributed by atoms with Crippen molar-refractivity contribution < 1.29 is 80.2 Å². The summed E-state index contributed by atoms with van der Waals surface area (Å²) in [5.74, 6) is -2.35. The van der Waals surface area contributed by atoms with E-state index in [1.165, 1.54) is 51.4 Å². The maximum atomic E-state index is 13.1. The fourth-order valence-corrected chi connectivity index (χ4v) is 12.0. The number of carbonyl (C=O) groups is 4. The van der Waals surface area contributed by atoms with Crippen molar-refractivity contribution in [2.24, 2.45) is 0 Å². The van der Waals surface area contributed by atoms with Crippen LogP contribution < -0.4 is 0 Å². The molecular weight excluding hydrogens is 1380 g/mol. The van der Waals surface area contributed by atoms with Gasteiger partial charge in [-0.1, -0.05) is 314 Å². The van der Waals surface area contributed by atoms with Gasteiger partial charge >= 0.3 is 39.5 Å². The molecule has 0 amide bonds. The Balaban J connectivity index is 5.42. The molecule has 0 heterocycles. The van der Waals surface area contributed by atoms with E-state index in [4.69, 9.17) is 37.0 Å². The number of unbranched alkanes of at least 4 members (excludes halogenated alkanes) is 24. The Labute approximate surface area is 642 Å². The summed E-state index contributed by atoms with van der Waals surface area (Å²) >= 11 is 0. The zero-order chi connectivity index (χ0) is 77.4. The number of esters is 4. The van der Waals surface area contributed by atoms with Crippen molar-refractivity contribution in [3.05, 3.63) is 158 Å². The molecule has 0 bridgehead atoms. The van der Waals surface area contributed by atoms with Crippen LogP contribution in [0.2, 0.25) is 0 Å². The lowest BCUT2D eigenvalue weighted by Crippen LogP contribution is -2.30. The van der Waals surface area contributed by atoms with E-state index in [2.05, 4.69) is 161 Å². The van der Waals surface area contributed by atoms with Gasteiger partial charge < -0.3 is 33.8 Å². The average molecular weight is 1520 g/mol. The summed E-state index contributed by atoms with van der Waals surface area (Å²) in [6, 6.07) is 0. The van der Waals surface area contributed by atoms with Crippen LogP contribution in [0.3, 0.4) is 0 Å². The van der Waals surface area contributed by atoms with Gasteiger partial charge in [0.2, 0.25) is 0 Å². The molecule has 0 aromatic heterocycles. The van der Waals surface area contributed by atoms with E-state index in [0.717, 1.165) is 180 Å². The minimum Gasteiger partial charge on any atom is -0.462 e. The van der Waals surface area contributed by atoms with Crippen molar-refractivity contribution in [1.29, 1.82) is 0 Å². The van der Waals surface area contributed by atoms with Gasteiger partial charge in [0.15, 0.2) is 12.2 Å². The Morgan fingerprint density at radius 3 is 0.840 bits per heavy atom. The van der Waals surface area contributed by atoms with Crippen LogP contribution in [0, 0.1) is 0 Å². The number of carbonyl (C=O) groups excluding carboxylic acids is 4. The molecule has 604 valence electrons. The van der Waals surface area contributed by atoms with Crippen LogP contribution in [0.4, 0.5) is 0 Å². The smallest absolute Gasteiger partial charge is 0.462 e. The Morgan fingerprint density at radius 1 is 0.283 bits per heavy atom. The highest BCUT2D eigenvalue weighted by molar-refractivity contribution is 7.47. The number of hydrogen-bond donors (Lipinski definition) is 3. The first-order valence-corrected chi connectivity index (χ1v) is 43.7. The number of ether oxygens (including phenoxy) is 4. The van der Waals surface area contributed by atoms with Gasteiger partial charge in [0.1, 0.15) is 19.3 Å². The molecule has 0 aromatic carbocycles. The number of rotatable bonds is 75. The van der Waals surface area contributed by atoms with Crippen LogP contribution in [0.15, 0.2) is 158 Å². The van der Waals surface area contributed by atoms with E-state index in [9.17, 15) is 43.2 Å². The number of phosphoric acid groups is 2. The number of aliphatic hydroxyl groups is 1. The van der Waals surface area contributed by atoms with Gasteiger partial charge in [-0.25, -0.2) is 9.13 Å². The van der Waals surface area contributed by atoms with Gasteiger partial charge in [-0.2, -0.15) is 0 Å². The summed E-state index contributed by atoms with van der Waals surface area (Å²) in [5, 5.41) is 10.6. The summed E-state index contributed by atoms with van der Waals surface area (Å²) < 4.78 is 68.5. The molecule has 3 N–H and O–H groups in total. The molecule has 5 unspecified atom stereocenters. The Morgan fingerprint density at radius 2 is 0.528 bits per heavy atom. The van der Waals surface area contributed by atoms with Crippen molar-refractivity contribution in [1.82, 2.24) is 0 Å². The quantitative estimate of drug-likeness (QED) is 0.0169. The maximum Gasteiger partial charge on any atom is 0.472 e. The van der Waals surface area contributed by atoms with Crippen LogP contribution in [0.5, 0.6) is 0 Å². The highest BCUT2D eigenvalue weighted by Gasteiger charge is 2.30. The first-order valence-electron chi connectivity index (χ1n) is 40.7. The molecule has 0 saturated heterocycles. The first kappa shape index (κ1) is 101. The normalized spacial score (nSPS) is 14.7. The molecule has 0 aromatic rings. The summed E-state index contributed by atoms with van der Waals surface area (Å²) in [4.78, 5) is 73.0. The van der Waals surface area contributed by atoms with E-state index in [1.54, 1.807) is 12.2 Å². The van der Waals surface area contributed by atoms with Gasteiger partial charge in [0.25, 0.3) is 0 Å². The maximum absolute atomic E-state index is 13.1. The summed E-state index contributed by atoms with van der Waals surface area (Å²) in [6.07, 6.45) is 91.0. The predicted molar refractivity (Wildman–Crippen MR) is 436 cm³/mol.